The van der Waals surface area contributed by atoms with Crippen LogP contribution in [0.3, 0.4) is 0 Å². The summed E-state index contributed by atoms with van der Waals surface area (Å²) in [6.07, 6.45) is 1.45. The van der Waals surface area contributed by atoms with E-state index in [9.17, 15) is 9.59 Å². The van der Waals surface area contributed by atoms with Gasteiger partial charge in [0.1, 0.15) is 12.4 Å². The zero-order chi connectivity index (χ0) is 26.9. The number of amides is 1. The Bertz CT molecular complexity index is 1460. The monoisotopic (exact) mass is 592 g/mol. The molecule has 4 aromatic carbocycles. The molecule has 0 unspecified atom stereocenters. The highest BCUT2D eigenvalue weighted by atomic mass is 79.9. The smallest absolute Gasteiger partial charge is 0.343 e. The number of hydrazone groups is 1. The van der Waals surface area contributed by atoms with Crippen molar-refractivity contribution in [1.29, 1.82) is 0 Å². The highest BCUT2D eigenvalue weighted by Gasteiger charge is 2.15. The van der Waals surface area contributed by atoms with Gasteiger partial charge in [0.15, 0.2) is 11.5 Å². The Kier molecular flexibility index (Phi) is 9.13. The highest BCUT2D eigenvalue weighted by Crippen LogP contribution is 2.29. The molecule has 38 heavy (non-hydrogen) atoms. The molecule has 0 bridgehead atoms. The number of carbonyl (C=O) groups is 2. The maximum atomic E-state index is 12.9. The summed E-state index contributed by atoms with van der Waals surface area (Å²) in [5.74, 6) is 0.00600. The standard InChI is InChI=1S/C29H22BrClN2O5/c1-36-27-15-20(7-13-26(27)38-29(35)21-8-11-23(31)12-9-21)17-32-33-28(34)24-16-22(30)10-14-25(24)37-18-19-5-3-2-4-6-19/h2-17H,18H2,1H3,(H,33,34)/b32-17+. The lowest BCUT2D eigenvalue weighted by atomic mass is 10.2. The van der Waals surface area contributed by atoms with E-state index < -0.39 is 11.9 Å². The molecule has 0 aliphatic rings. The third-order valence-corrected chi connectivity index (χ3v) is 6.02. The number of nitrogens with zero attached hydrogens (tertiary/aromatic N) is 1. The van der Waals surface area contributed by atoms with Crippen molar-refractivity contribution in [3.8, 4) is 17.2 Å². The van der Waals surface area contributed by atoms with Crippen LogP contribution >= 0.6 is 27.5 Å². The molecule has 0 aliphatic heterocycles. The number of esters is 1. The van der Waals surface area contributed by atoms with E-state index in [2.05, 4.69) is 26.5 Å². The first-order valence-corrected chi connectivity index (χ1v) is 12.6. The van der Waals surface area contributed by atoms with Crippen LogP contribution in [0.2, 0.25) is 5.02 Å². The lowest BCUT2D eigenvalue weighted by Crippen LogP contribution is -2.19. The minimum Gasteiger partial charge on any atom is -0.493 e. The number of halogens is 2. The zero-order valence-electron chi connectivity index (χ0n) is 20.2. The van der Waals surface area contributed by atoms with Crippen LogP contribution < -0.4 is 19.6 Å². The van der Waals surface area contributed by atoms with Crippen molar-refractivity contribution in [2.45, 2.75) is 6.61 Å². The molecule has 4 aromatic rings. The van der Waals surface area contributed by atoms with E-state index in [-0.39, 0.29) is 5.75 Å². The number of benzene rings is 4. The number of nitrogens with one attached hydrogen (secondary N) is 1. The van der Waals surface area contributed by atoms with Crippen LogP contribution in [0.1, 0.15) is 31.8 Å². The molecule has 192 valence electrons. The van der Waals surface area contributed by atoms with Gasteiger partial charge in [-0.05, 0) is 71.8 Å². The third kappa shape index (κ3) is 7.21. The van der Waals surface area contributed by atoms with Crippen molar-refractivity contribution in [2.24, 2.45) is 5.10 Å². The van der Waals surface area contributed by atoms with Crippen LogP contribution in [0, 0.1) is 0 Å². The predicted octanol–water partition coefficient (Wildman–Crippen LogP) is 6.67. The van der Waals surface area contributed by atoms with Gasteiger partial charge in [0.05, 0.1) is 24.5 Å². The lowest BCUT2D eigenvalue weighted by Gasteiger charge is -2.11. The Balaban J connectivity index is 1.41. The minimum atomic E-state index is -0.548. The molecule has 0 saturated carbocycles. The molecule has 1 N–H and O–H groups in total. The topological polar surface area (TPSA) is 86.2 Å². The summed E-state index contributed by atoms with van der Waals surface area (Å²) in [5, 5.41) is 4.58. The Labute approximate surface area is 233 Å². The molecule has 4 rings (SSSR count). The molecular weight excluding hydrogens is 572 g/mol. The third-order valence-electron chi connectivity index (χ3n) is 5.27. The van der Waals surface area contributed by atoms with E-state index in [1.54, 1.807) is 60.7 Å². The molecule has 0 aromatic heterocycles. The van der Waals surface area contributed by atoms with E-state index in [4.69, 9.17) is 25.8 Å². The predicted molar refractivity (Wildman–Crippen MR) is 149 cm³/mol. The molecule has 0 fully saturated rings. The van der Waals surface area contributed by atoms with Gasteiger partial charge in [0.25, 0.3) is 5.91 Å². The summed E-state index contributed by atoms with van der Waals surface area (Å²) in [6.45, 7) is 0.320. The normalized spacial score (nSPS) is 10.7. The second-order valence-corrected chi connectivity index (χ2v) is 9.27. The maximum absolute atomic E-state index is 12.9. The zero-order valence-corrected chi connectivity index (χ0v) is 22.5. The van der Waals surface area contributed by atoms with Crippen molar-refractivity contribution in [2.75, 3.05) is 7.11 Å². The fourth-order valence-corrected chi connectivity index (χ4v) is 3.85. The van der Waals surface area contributed by atoms with Crippen LogP contribution in [0.15, 0.2) is 101 Å². The number of ether oxygens (including phenoxy) is 3. The molecule has 0 heterocycles. The van der Waals surface area contributed by atoms with Crippen LogP contribution in [0.25, 0.3) is 0 Å². The Morgan fingerprint density at radius 2 is 1.66 bits per heavy atom. The van der Waals surface area contributed by atoms with Gasteiger partial charge in [-0.25, -0.2) is 10.2 Å². The second kappa shape index (κ2) is 12.9. The molecular formula is C29H22BrClN2O5. The first-order chi connectivity index (χ1) is 18.4. The number of methoxy groups -OCH3 is 1. The van der Waals surface area contributed by atoms with Gasteiger partial charge in [0, 0.05) is 9.50 Å². The van der Waals surface area contributed by atoms with Crippen LogP contribution in [-0.4, -0.2) is 25.2 Å². The van der Waals surface area contributed by atoms with Gasteiger partial charge >= 0.3 is 5.97 Å². The van der Waals surface area contributed by atoms with E-state index in [1.165, 1.54) is 13.3 Å². The molecule has 0 aliphatic carbocycles. The summed E-state index contributed by atoms with van der Waals surface area (Å²) in [4.78, 5) is 25.3. The molecule has 0 spiro atoms. The first kappa shape index (κ1) is 26.9. The lowest BCUT2D eigenvalue weighted by molar-refractivity contribution is 0.0729. The summed E-state index contributed by atoms with van der Waals surface area (Å²) >= 11 is 9.26. The Morgan fingerprint density at radius 1 is 0.921 bits per heavy atom. The quantitative estimate of drug-likeness (QED) is 0.101. The summed E-state index contributed by atoms with van der Waals surface area (Å²) in [7, 11) is 1.46. The SMILES string of the molecule is COc1cc(/C=N/NC(=O)c2cc(Br)ccc2OCc2ccccc2)ccc1OC(=O)c1ccc(Cl)cc1. The summed E-state index contributed by atoms with van der Waals surface area (Å²) < 4.78 is 17.4. The molecule has 7 nitrogen and oxygen atoms in total. The van der Waals surface area contributed by atoms with Crippen LogP contribution in [0.4, 0.5) is 0 Å². The van der Waals surface area contributed by atoms with Crippen LogP contribution in [0.5, 0.6) is 17.2 Å². The second-order valence-electron chi connectivity index (χ2n) is 7.92. The van der Waals surface area contributed by atoms with Crippen molar-refractivity contribution in [3.63, 3.8) is 0 Å². The Hall–Kier alpha value is -4.14. The van der Waals surface area contributed by atoms with Crippen molar-refractivity contribution < 1.29 is 23.8 Å². The number of rotatable bonds is 9. The van der Waals surface area contributed by atoms with Crippen molar-refractivity contribution in [1.82, 2.24) is 5.43 Å². The highest BCUT2D eigenvalue weighted by molar-refractivity contribution is 9.10. The van der Waals surface area contributed by atoms with Gasteiger partial charge in [0.2, 0.25) is 0 Å². The summed E-state index contributed by atoms with van der Waals surface area (Å²) in [6, 6.07) is 26.1. The van der Waals surface area contributed by atoms with E-state index in [0.717, 1.165) is 10.0 Å². The molecule has 1 amide bonds. The number of hydrogen-bond donors (Lipinski definition) is 1. The van der Waals surface area contributed by atoms with E-state index in [1.807, 2.05) is 30.3 Å². The Morgan fingerprint density at radius 3 is 2.39 bits per heavy atom. The molecule has 0 saturated heterocycles. The fraction of sp³-hybridized carbons (Fsp3) is 0.0690. The molecule has 9 heteroatoms. The van der Waals surface area contributed by atoms with E-state index >= 15 is 0 Å². The van der Waals surface area contributed by atoms with Gasteiger partial charge in [-0.15, -0.1) is 0 Å². The van der Waals surface area contributed by atoms with E-state index in [0.29, 0.717) is 39.8 Å². The first-order valence-electron chi connectivity index (χ1n) is 11.4. The molecule has 0 atom stereocenters. The van der Waals surface area contributed by atoms with Gasteiger partial charge < -0.3 is 14.2 Å². The number of hydrogen-bond acceptors (Lipinski definition) is 6. The average molecular weight is 594 g/mol. The van der Waals surface area contributed by atoms with Crippen molar-refractivity contribution in [3.05, 3.63) is 123 Å². The van der Waals surface area contributed by atoms with Gasteiger partial charge in [-0.2, -0.15) is 5.10 Å². The largest absolute Gasteiger partial charge is 0.493 e. The maximum Gasteiger partial charge on any atom is 0.343 e. The van der Waals surface area contributed by atoms with Gasteiger partial charge in [-0.3, -0.25) is 4.79 Å². The van der Waals surface area contributed by atoms with Gasteiger partial charge in [-0.1, -0.05) is 57.9 Å². The number of carbonyl (C=O) groups excluding carboxylic acids is 2. The summed E-state index contributed by atoms with van der Waals surface area (Å²) in [5.41, 5.74) is 4.79. The van der Waals surface area contributed by atoms with Crippen molar-refractivity contribution >= 4 is 45.6 Å². The minimum absolute atomic E-state index is 0.239. The average Bonchev–Trinajstić information content (AvgIpc) is 2.93. The molecule has 0 radical (unpaired) electrons. The fourth-order valence-electron chi connectivity index (χ4n) is 3.36. The van der Waals surface area contributed by atoms with Crippen LogP contribution in [-0.2, 0) is 6.61 Å².